The van der Waals surface area contributed by atoms with Crippen molar-refractivity contribution in [2.24, 2.45) is 5.10 Å². The van der Waals surface area contributed by atoms with Gasteiger partial charge in [0.25, 0.3) is 0 Å². The molecule has 2 N–H and O–H groups in total. The number of hydrogen-bond acceptors (Lipinski definition) is 5. The SMILES string of the molecule is CC(NN=C(C(=O)O)c1ncc(Cl)nc1Cl)c1ccc(Cl)cc1Cl. The molecule has 0 radical (unpaired) electrons. The normalized spacial score (nSPS) is 12.8. The Kier molecular flexibility index (Phi) is 6.23. The number of nitrogens with zero attached hydrogens (tertiary/aromatic N) is 3. The highest BCUT2D eigenvalue weighted by atomic mass is 35.5. The topological polar surface area (TPSA) is 87.5 Å². The molecule has 0 saturated carbocycles. The fourth-order valence-electron chi connectivity index (χ4n) is 1.79. The van der Waals surface area contributed by atoms with E-state index in [2.05, 4.69) is 20.5 Å². The van der Waals surface area contributed by atoms with Gasteiger partial charge < -0.3 is 10.5 Å². The molecule has 0 fully saturated rings. The van der Waals surface area contributed by atoms with Crippen LogP contribution in [0.4, 0.5) is 0 Å². The van der Waals surface area contributed by atoms with E-state index in [0.717, 1.165) is 0 Å². The van der Waals surface area contributed by atoms with Crippen LogP contribution in [-0.4, -0.2) is 26.8 Å². The van der Waals surface area contributed by atoms with Gasteiger partial charge in [0.05, 0.1) is 12.2 Å². The van der Waals surface area contributed by atoms with Crippen molar-refractivity contribution in [2.75, 3.05) is 0 Å². The molecule has 0 aliphatic heterocycles. The zero-order valence-corrected chi connectivity index (χ0v) is 15.1. The summed E-state index contributed by atoms with van der Waals surface area (Å²) in [7, 11) is 0. The average Bonchev–Trinajstić information content (AvgIpc) is 2.48. The van der Waals surface area contributed by atoms with Crippen molar-refractivity contribution in [3.05, 3.63) is 56.0 Å². The fourth-order valence-corrected chi connectivity index (χ4v) is 2.77. The largest absolute Gasteiger partial charge is 0.476 e. The summed E-state index contributed by atoms with van der Waals surface area (Å²) < 4.78 is 0. The average molecular weight is 408 g/mol. The van der Waals surface area contributed by atoms with Gasteiger partial charge in [0, 0.05) is 10.0 Å². The molecule has 0 aliphatic carbocycles. The van der Waals surface area contributed by atoms with Crippen LogP contribution >= 0.6 is 46.4 Å². The first kappa shape index (κ1) is 18.7. The first-order chi connectivity index (χ1) is 11.3. The second-order valence-electron chi connectivity index (χ2n) is 4.61. The molecule has 6 nitrogen and oxygen atoms in total. The molecular weight excluding hydrogens is 398 g/mol. The molecule has 0 amide bonds. The van der Waals surface area contributed by atoms with Crippen LogP contribution in [-0.2, 0) is 4.79 Å². The van der Waals surface area contributed by atoms with Crippen LogP contribution in [0.1, 0.15) is 24.2 Å². The summed E-state index contributed by atoms with van der Waals surface area (Å²) in [5, 5.41) is 14.0. The highest BCUT2D eigenvalue weighted by Gasteiger charge is 2.20. The third-order valence-corrected chi connectivity index (χ3v) is 3.93. The van der Waals surface area contributed by atoms with Crippen LogP contribution in [0.3, 0.4) is 0 Å². The summed E-state index contributed by atoms with van der Waals surface area (Å²) in [6.45, 7) is 1.76. The molecule has 126 valence electrons. The van der Waals surface area contributed by atoms with Gasteiger partial charge in [-0.1, -0.05) is 52.5 Å². The Hall–Kier alpha value is -1.60. The number of hydrogen-bond donors (Lipinski definition) is 2. The maximum Gasteiger partial charge on any atom is 0.358 e. The zero-order chi connectivity index (χ0) is 17.9. The number of rotatable bonds is 5. The highest BCUT2D eigenvalue weighted by molar-refractivity contribution is 6.46. The number of nitrogens with one attached hydrogen (secondary N) is 1. The Morgan fingerprint density at radius 3 is 2.58 bits per heavy atom. The molecule has 0 spiro atoms. The van der Waals surface area contributed by atoms with Gasteiger partial charge in [-0.3, -0.25) is 0 Å². The minimum atomic E-state index is -1.32. The van der Waals surface area contributed by atoms with Gasteiger partial charge >= 0.3 is 5.97 Å². The lowest BCUT2D eigenvalue weighted by Gasteiger charge is -2.14. The molecule has 2 rings (SSSR count). The molecule has 24 heavy (non-hydrogen) atoms. The number of aliphatic carboxylic acids is 1. The maximum atomic E-state index is 11.4. The number of carboxylic acids is 1. The fraction of sp³-hybridized carbons (Fsp3) is 0.143. The van der Waals surface area contributed by atoms with E-state index in [9.17, 15) is 9.90 Å². The molecule has 0 bridgehead atoms. The van der Waals surface area contributed by atoms with E-state index >= 15 is 0 Å². The number of halogens is 4. The second-order valence-corrected chi connectivity index (χ2v) is 6.20. The highest BCUT2D eigenvalue weighted by Crippen LogP contribution is 2.26. The zero-order valence-electron chi connectivity index (χ0n) is 12.1. The summed E-state index contributed by atoms with van der Waals surface area (Å²) in [5.74, 6) is -1.32. The Morgan fingerprint density at radius 2 is 2.00 bits per heavy atom. The molecule has 1 atom stereocenters. The van der Waals surface area contributed by atoms with Crippen molar-refractivity contribution in [2.45, 2.75) is 13.0 Å². The van der Waals surface area contributed by atoms with Gasteiger partial charge in [0.15, 0.2) is 10.9 Å². The molecule has 2 aromatic rings. The molecule has 1 aromatic carbocycles. The van der Waals surface area contributed by atoms with Crippen molar-refractivity contribution in [1.82, 2.24) is 15.4 Å². The van der Waals surface area contributed by atoms with Crippen molar-refractivity contribution < 1.29 is 9.90 Å². The predicted molar refractivity (Wildman–Crippen MR) is 94.2 cm³/mol. The van der Waals surface area contributed by atoms with E-state index in [-0.39, 0.29) is 22.0 Å². The molecule has 0 aliphatic rings. The van der Waals surface area contributed by atoms with Crippen molar-refractivity contribution in [1.29, 1.82) is 0 Å². The van der Waals surface area contributed by atoms with Crippen LogP contribution in [0.15, 0.2) is 29.5 Å². The summed E-state index contributed by atoms with van der Waals surface area (Å²) in [6.07, 6.45) is 1.18. The Balaban J connectivity index is 2.30. The van der Waals surface area contributed by atoms with Crippen LogP contribution in [0.5, 0.6) is 0 Å². The summed E-state index contributed by atoms with van der Waals surface area (Å²) in [6, 6.07) is 4.58. The lowest BCUT2D eigenvalue weighted by molar-refractivity contribution is -0.129. The summed E-state index contributed by atoms with van der Waals surface area (Å²) >= 11 is 23.5. The first-order valence-corrected chi connectivity index (χ1v) is 8.00. The standard InChI is InChI=1S/C14H10Cl4N4O2/c1-6(8-3-2-7(15)4-9(8)16)21-22-12(14(23)24)11-13(18)20-10(17)5-19-11/h2-6,21H,1H3,(H,23,24). The van der Waals surface area contributed by atoms with Gasteiger partial charge in [0.2, 0.25) is 0 Å². The predicted octanol–water partition coefficient (Wildman–Crippen LogP) is 4.23. The van der Waals surface area contributed by atoms with E-state index in [0.29, 0.717) is 15.6 Å². The van der Waals surface area contributed by atoms with Gasteiger partial charge in [-0.2, -0.15) is 5.10 Å². The van der Waals surface area contributed by atoms with Crippen LogP contribution in [0.25, 0.3) is 0 Å². The number of hydrazone groups is 1. The number of aromatic nitrogens is 2. The third-order valence-electron chi connectivity index (χ3n) is 2.93. The maximum absolute atomic E-state index is 11.4. The minimum Gasteiger partial charge on any atom is -0.476 e. The minimum absolute atomic E-state index is 0.0442. The van der Waals surface area contributed by atoms with Gasteiger partial charge in [-0.15, -0.1) is 0 Å². The van der Waals surface area contributed by atoms with Crippen LogP contribution in [0, 0.1) is 0 Å². The molecule has 0 saturated heterocycles. The van der Waals surface area contributed by atoms with E-state index in [4.69, 9.17) is 46.4 Å². The molecule has 1 unspecified atom stereocenters. The summed E-state index contributed by atoms with van der Waals surface area (Å²) in [5.41, 5.74) is 2.90. The smallest absolute Gasteiger partial charge is 0.358 e. The van der Waals surface area contributed by atoms with Crippen LogP contribution in [0.2, 0.25) is 20.4 Å². The lowest BCUT2D eigenvalue weighted by atomic mass is 10.1. The van der Waals surface area contributed by atoms with Crippen molar-refractivity contribution in [3.63, 3.8) is 0 Å². The number of carbonyl (C=O) groups is 1. The summed E-state index contributed by atoms with van der Waals surface area (Å²) in [4.78, 5) is 19.0. The van der Waals surface area contributed by atoms with Crippen LogP contribution < -0.4 is 5.43 Å². The lowest BCUT2D eigenvalue weighted by Crippen LogP contribution is -2.23. The molecule has 1 aromatic heterocycles. The monoisotopic (exact) mass is 406 g/mol. The van der Waals surface area contributed by atoms with Gasteiger partial charge in [-0.05, 0) is 24.6 Å². The molecule has 1 heterocycles. The molecule has 10 heteroatoms. The van der Waals surface area contributed by atoms with E-state index in [1.807, 2.05) is 0 Å². The van der Waals surface area contributed by atoms with Gasteiger partial charge in [-0.25, -0.2) is 14.8 Å². The van der Waals surface area contributed by atoms with E-state index in [1.54, 1.807) is 25.1 Å². The number of benzene rings is 1. The van der Waals surface area contributed by atoms with E-state index in [1.165, 1.54) is 6.20 Å². The third kappa shape index (κ3) is 4.48. The Labute approximate surface area is 157 Å². The van der Waals surface area contributed by atoms with Crippen molar-refractivity contribution >= 4 is 58.1 Å². The number of carboxylic acid groups (broad SMARTS) is 1. The van der Waals surface area contributed by atoms with Gasteiger partial charge in [0.1, 0.15) is 10.8 Å². The quantitative estimate of drug-likeness (QED) is 0.571. The second kappa shape index (κ2) is 7.98. The Morgan fingerprint density at radius 1 is 1.29 bits per heavy atom. The molecular formula is C14H10Cl4N4O2. The van der Waals surface area contributed by atoms with Crippen molar-refractivity contribution in [3.8, 4) is 0 Å². The Bertz CT molecular complexity index is 813. The van der Waals surface area contributed by atoms with E-state index < -0.39 is 11.7 Å². The first-order valence-electron chi connectivity index (χ1n) is 6.49.